The molecule has 1 amide bonds. The number of hydrogen-bond acceptors (Lipinski definition) is 2. The zero-order valence-electron chi connectivity index (χ0n) is 9.35. The van der Waals surface area contributed by atoms with Crippen molar-refractivity contribution in [1.82, 2.24) is 5.32 Å². The Morgan fingerprint density at radius 1 is 1.14 bits per heavy atom. The zero-order valence-corrected chi connectivity index (χ0v) is 9.35. The molecule has 0 spiro atoms. The number of rotatable bonds is 9. The van der Waals surface area contributed by atoms with Crippen molar-refractivity contribution in [3.63, 3.8) is 0 Å². The third-order valence-corrected chi connectivity index (χ3v) is 2.21. The Hall–Kier alpha value is -0.570. The average Bonchev–Trinajstić information content (AvgIpc) is 2.18. The molecular weight excluding hydrogens is 176 g/mol. The summed E-state index contributed by atoms with van der Waals surface area (Å²) in [6.45, 7) is 3.70. The molecule has 0 aliphatic heterocycles. The van der Waals surface area contributed by atoms with Crippen LogP contribution in [-0.2, 0) is 4.79 Å². The highest BCUT2D eigenvalue weighted by atomic mass is 16.1. The monoisotopic (exact) mass is 200 g/mol. The lowest BCUT2D eigenvalue weighted by atomic mass is 10.2. The lowest BCUT2D eigenvalue weighted by molar-refractivity contribution is -0.121. The van der Waals surface area contributed by atoms with Gasteiger partial charge in [0.2, 0.25) is 5.91 Å². The van der Waals surface area contributed by atoms with Gasteiger partial charge in [-0.2, -0.15) is 0 Å². The normalized spacial score (nSPS) is 10.1. The largest absolute Gasteiger partial charge is 0.356 e. The molecule has 0 saturated carbocycles. The molecule has 0 aromatic carbocycles. The number of carbonyl (C=O) groups excluding carboxylic acids is 1. The van der Waals surface area contributed by atoms with Crippen LogP contribution < -0.4 is 11.1 Å². The predicted molar refractivity (Wildman–Crippen MR) is 60.1 cm³/mol. The molecule has 0 heterocycles. The molecule has 0 rings (SSSR count). The summed E-state index contributed by atoms with van der Waals surface area (Å²) in [5.74, 6) is 0.176. The quantitative estimate of drug-likeness (QED) is 0.558. The highest BCUT2D eigenvalue weighted by Gasteiger charge is 1.98. The molecule has 0 saturated heterocycles. The van der Waals surface area contributed by atoms with Crippen LogP contribution in [0.3, 0.4) is 0 Å². The van der Waals surface area contributed by atoms with Crippen LogP contribution in [0.25, 0.3) is 0 Å². The Morgan fingerprint density at radius 2 is 1.93 bits per heavy atom. The van der Waals surface area contributed by atoms with Gasteiger partial charge in [-0.15, -0.1) is 0 Å². The minimum Gasteiger partial charge on any atom is -0.356 e. The first kappa shape index (κ1) is 13.4. The van der Waals surface area contributed by atoms with Gasteiger partial charge in [-0.3, -0.25) is 4.79 Å². The molecular formula is C11H24N2O. The summed E-state index contributed by atoms with van der Waals surface area (Å²) >= 11 is 0. The van der Waals surface area contributed by atoms with Crippen LogP contribution in [0.5, 0.6) is 0 Å². The van der Waals surface area contributed by atoms with Gasteiger partial charge < -0.3 is 11.1 Å². The van der Waals surface area contributed by atoms with Crippen molar-refractivity contribution in [2.24, 2.45) is 5.73 Å². The maximum atomic E-state index is 11.2. The molecule has 0 aromatic heterocycles. The van der Waals surface area contributed by atoms with Gasteiger partial charge in [-0.25, -0.2) is 0 Å². The fourth-order valence-electron chi connectivity index (χ4n) is 1.30. The molecule has 3 nitrogen and oxygen atoms in total. The van der Waals surface area contributed by atoms with Crippen LogP contribution in [0.4, 0.5) is 0 Å². The van der Waals surface area contributed by atoms with E-state index in [1.807, 2.05) is 0 Å². The molecule has 0 aromatic rings. The van der Waals surface area contributed by atoms with Crippen LogP contribution in [0, 0.1) is 0 Å². The van der Waals surface area contributed by atoms with E-state index in [1.165, 1.54) is 19.3 Å². The maximum absolute atomic E-state index is 11.2. The Kier molecular flexibility index (Phi) is 10.1. The topological polar surface area (TPSA) is 55.1 Å². The van der Waals surface area contributed by atoms with Crippen molar-refractivity contribution in [3.05, 3.63) is 0 Å². The summed E-state index contributed by atoms with van der Waals surface area (Å²) in [5.41, 5.74) is 5.34. The average molecular weight is 200 g/mol. The van der Waals surface area contributed by atoms with E-state index in [9.17, 15) is 4.79 Å². The number of hydrogen-bond donors (Lipinski definition) is 2. The highest BCUT2D eigenvalue weighted by Crippen LogP contribution is 1.98. The van der Waals surface area contributed by atoms with E-state index in [4.69, 9.17) is 5.73 Å². The van der Waals surface area contributed by atoms with Crippen LogP contribution in [-0.4, -0.2) is 19.0 Å². The van der Waals surface area contributed by atoms with Crippen molar-refractivity contribution in [2.75, 3.05) is 13.1 Å². The smallest absolute Gasteiger partial charge is 0.219 e. The van der Waals surface area contributed by atoms with Crippen molar-refractivity contribution in [2.45, 2.75) is 51.9 Å². The van der Waals surface area contributed by atoms with Crippen molar-refractivity contribution in [3.8, 4) is 0 Å². The SMILES string of the molecule is CCCCCCNC(=O)CCCCN. The number of nitrogens with two attached hydrogens (primary N) is 1. The first-order valence-electron chi connectivity index (χ1n) is 5.78. The molecule has 3 heteroatoms. The van der Waals surface area contributed by atoms with Gasteiger partial charge in [0.05, 0.1) is 0 Å². The zero-order chi connectivity index (χ0) is 10.6. The predicted octanol–water partition coefficient (Wildman–Crippen LogP) is 1.81. The fraction of sp³-hybridized carbons (Fsp3) is 0.909. The summed E-state index contributed by atoms with van der Waals surface area (Å²) in [4.78, 5) is 11.2. The molecule has 0 atom stereocenters. The highest BCUT2D eigenvalue weighted by molar-refractivity contribution is 5.75. The number of nitrogens with one attached hydrogen (secondary N) is 1. The number of amides is 1. The van der Waals surface area contributed by atoms with Gasteiger partial charge in [-0.1, -0.05) is 26.2 Å². The van der Waals surface area contributed by atoms with E-state index in [2.05, 4.69) is 12.2 Å². The lowest BCUT2D eigenvalue weighted by Crippen LogP contribution is -2.24. The van der Waals surface area contributed by atoms with E-state index < -0.39 is 0 Å². The van der Waals surface area contributed by atoms with E-state index >= 15 is 0 Å². The maximum Gasteiger partial charge on any atom is 0.219 e. The van der Waals surface area contributed by atoms with Crippen LogP contribution in [0.1, 0.15) is 51.9 Å². The second kappa shape index (κ2) is 10.5. The molecule has 0 radical (unpaired) electrons. The minimum atomic E-state index is 0.176. The van der Waals surface area contributed by atoms with Gasteiger partial charge in [0, 0.05) is 13.0 Å². The second-order valence-electron chi connectivity index (χ2n) is 3.66. The van der Waals surface area contributed by atoms with E-state index in [-0.39, 0.29) is 5.91 Å². The van der Waals surface area contributed by atoms with Crippen molar-refractivity contribution in [1.29, 1.82) is 0 Å². The van der Waals surface area contributed by atoms with Gasteiger partial charge in [0.1, 0.15) is 0 Å². The number of carbonyl (C=O) groups is 1. The molecule has 3 N–H and O–H groups in total. The van der Waals surface area contributed by atoms with Crippen molar-refractivity contribution < 1.29 is 4.79 Å². The van der Waals surface area contributed by atoms with Crippen LogP contribution >= 0.6 is 0 Å². The second-order valence-corrected chi connectivity index (χ2v) is 3.66. The first-order valence-corrected chi connectivity index (χ1v) is 5.78. The summed E-state index contributed by atoms with van der Waals surface area (Å²) in [6.07, 6.45) is 7.33. The Bertz CT molecular complexity index is 137. The summed E-state index contributed by atoms with van der Waals surface area (Å²) < 4.78 is 0. The summed E-state index contributed by atoms with van der Waals surface area (Å²) in [7, 11) is 0. The van der Waals surface area contributed by atoms with Gasteiger partial charge in [0.25, 0.3) is 0 Å². The van der Waals surface area contributed by atoms with E-state index in [0.29, 0.717) is 13.0 Å². The van der Waals surface area contributed by atoms with Gasteiger partial charge in [-0.05, 0) is 25.8 Å². The molecule has 14 heavy (non-hydrogen) atoms. The fourth-order valence-corrected chi connectivity index (χ4v) is 1.30. The third kappa shape index (κ3) is 9.52. The first-order chi connectivity index (χ1) is 6.81. The number of unbranched alkanes of at least 4 members (excludes halogenated alkanes) is 4. The standard InChI is InChI=1S/C11H24N2O/c1-2-3-4-7-10-13-11(14)8-5-6-9-12/h2-10,12H2,1H3,(H,13,14). The molecule has 0 unspecified atom stereocenters. The summed E-state index contributed by atoms with van der Waals surface area (Å²) in [5, 5.41) is 2.92. The molecule has 0 aliphatic rings. The van der Waals surface area contributed by atoms with Gasteiger partial charge >= 0.3 is 0 Å². The van der Waals surface area contributed by atoms with Crippen LogP contribution in [0.2, 0.25) is 0 Å². The molecule has 84 valence electrons. The third-order valence-electron chi connectivity index (χ3n) is 2.21. The Labute approximate surface area is 87.4 Å². The van der Waals surface area contributed by atoms with E-state index in [1.54, 1.807) is 0 Å². The Morgan fingerprint density at radius 3 is 2.57 bits per heavy atom. The van der Waals surface area contributed by atoms with Crippen molar-refractivity contribution >= 4 is 5.91 Å². The molecule has 0 aliphatic carbocycles. The van der Waals surface area contributed by atoms with Crippen LogP contribution in [0.15, 0.2) is 0 Å². The van der Waals surface area contributed by atoms with E-state index in [0.717, 1.165) is 25.8 Å². The Balaban J connectivity index is 3.10. The molecule has 0 bridgehead atoms. The lowest BCUT2D eigenvalue weighted by Gasteiger charge is -2.04. The van der Waals surface area contributed by atoms with Gasteiger partial charge in [0.15, 0.2) is 0 Å². The molecule has 0 fully saturated rings. The minimum absolute atomic E-state index is 0.176. The summed E-state index contributed by atoms with van der Waals surface area (Å²) in [6, 6.07) is 0.